The van der Waals surface area contributed by atoms with Crippen LogP contribution >= 0.6 is 23.2 Å². The highest BCUT2D eigenvalue weighted by Gasteiger charge is 2.09. The van der Waals surface area contributed by atoms with E-state index in [1.807, 2.05) is 0 Å². The predicted octanol–water partition coefficient (Wildman–Crippen LogP) is 0.981. The molecule has 0 atom stereocenters. The molecule has 6 nitrogen and oxygen atoms in total. The first kappa shape index (κ1) is 10.1. The summed E-state index contributed by atoms with van der Waals surface area (Å²) in [6.07, 6.45) is 2.44. The smallest absolute Gasteiger partial charge is 0.274 e. The molecule has 78 valence electrons. The lowest BCUT2D eigenvalue weighted by atomic mass is 10.5. The molecule has 0 N–H and O–H groups in total. The number of nitrogens with zero attached hydrogens (tertiary/aromatic N) is 4. The zero-order valence-electron chi connectivity index (χ0n) is 7.22. The first-order chi connectivity index (χ1) is 7.18. The number of rotatable bonds is 2. The van der Waals surface area contributed by atoms with Crippen molar-refractivity contribution < 1.29 is 4.52 Å². The minimum atomic E-state index is -0.443. The van der Waals surface area contributed by atoms with Gasteiger partial charge in [0.05, 0.1) is 12.9 Å². The molecule has 0 spiro atoms. The van der Waals surface area contributed by atoms with Gasteiger partial charge in [-0.3, -0.25) is 9.36 Å². The quantitative estimate of drug-likeness (QED) is 0.739. The maximum Gasteiger partial charge on any atom is 0.274 e. The van der Waals surface area contributed by atoms with Crippen molar-refractivity contribution in [2.45, 2.75) is 6.54 Å². The molecule has 0 fully saturated rings. The van der Waals surface area contributed by atoms with Gasteiger partial charge in [0.1, 0.15) is 5.02 Å². The molecule has 2 rings (SSSR count). The first-order valence-electron chi connectivity index (χ1n) is 3.84. The van der Waals surface area contributed by atoms with Crippen LogP contribution in [-0.4, -0.2) is 19.7 Å². The number of hydrogen-bond donors (Lipinski definition) is 0. The maximum atomic E-state index is 11.5. The van der Waals surface area contributed by atoms with Crippen molar-refractivity contribution in [2.75, 3.05) is 0 Å². The standard InChI is InChI=1S/C7H4Cl2N4O2/c8-5-6(9)10-2-13(7(5)14)1-4-11-3-15-12-4/h2-3H,1H2. The van der Waals surface area contributed by atoms with Gasteiger partial charge in [-0.05, 0) is 0 Å². The molecule has 2 aromatic heterocycles. The molecule has 0 bridgehead atoms. The Balaban J connectivity index is 2.38. The van der Waals surface area contributed by atoms with Gasteiger partial charge < -0.3 is 4.52 Å². The summed E-state index contributed by atoms with van der Waals surface area (Å²) < 4.78 is 5.76. The van der Waals surface area contributed by atoms with Crippen LogP contribution in [0.5, 0.6) is 0 Å². The average molecular weight is 247 g/mol. The Hall–Kier alpha value is -1.40. The zero-order chi connectivity index (χ0) is 10.8. The van der Waals surface area contributed by atoms with Gasteiger partial charge in [0.2, 0.25) is 6.39 Å². The van der Waals surface area contributed by atoms with Crippen LogP contribution in [0.15, 0.2) is 22.0 Å². The van der Waals surface area contributed by atoms with Gasteiger partial charge in [0.25, 0.3) is 5.56 Å². The van der Waals surface area contributed by atoms with Crippen molar-refractivity contribution in [3.63, 3.8) is 0 Å². The third-order valence-electron chi connectivity index (χ3n) is 1.66. The monoisotopic (exact) mass is 246 g/mol. The molecule has 2 aromatic rings. The maximum absolute atomic E-state index is 11.5. The van der Waals surface area contributed by atoms with Crippen molar-refractivity contribution in [1.29, 1.82) is 0 Å². The Morgan fingerprint density at radius 3 is 2.87 bits per heavy atom. The second-order valence-electron chi connectivity index (χ2n) is 2.63. The summed E-state index contributed by atoms with van der Waals surface area (Å²) in [5.74, 6) is 0.359. The Bertz CT molecular complexity index is 522. The zero-order valence-corrected chi connectivity index (χ0v) is 8.73. The molecule has 8 heteroatoms. The van der Waals surface area contributed by atoms with Crippen molar-refractivity contribution >= 4 is 23.2 Å². The molecule has 2 heterocycles. The fourth-order valence-electron chi connectivity index (χ4n) is 0.971. The second kappa shape index (κ2) is 4.00. The fourth-order valence-corrected chi connectivity index (χ4v) is 1.25. The topological polar surface area (TPSA) is 73.8 Å². The fraction of sp³-hybridized carbons (Fsp3) is 0.143. The van der Waals surface area contributed by atoms with Crippen LogP contribution in [0.3, 0.4) is 0 Å². The minimum Gasteiger partial charge on any atom is -0.343 e. The van der Waals surface area contributed by atoms with Gasteiger partial charge in [0.15, 0.2) is 11.0 Å². The highest BCUT2D eigenvalue weighted by molar-refractivity contribution is 6.40. The molecule has 0 aliphatic heterocycles. The van der Waals surface area contributed by atoms with Crippen LogP contribution in [-0.2, 0) is 6.54 Å². The van der Waals surface area contributed by atoms with Gasteiger partial charge in [-0.1, -0.05) is 28.4 Å². The Morgan fingerprint density at radius 2 is 2.20 bits per heavy atom. The molecule has 0 aromatic carbocycles. The second-order valence-corrected chi connectivity index (χ2v) is 3.37. The van der Waals surface area contributed by atoms with E-state index in [4.69, 9.17) is 23.2 Å². The van der Waals surface area contributed by atoms with Gasteiger partial charge in [-0.25, -0.2) is 4.98 Å². The normalized spacial score (nSPS) is 10.5. The number of halogens is 2. The summed E-state index contributed by atoms with van der Waals surface area (Å²) in [7, 11) is 0. The molecule has 0 saturated heterocycles. The number of aromatic nitrogens is 4. The highest BCUT2D eigenvalue weighted by Crippen LogP contribution is 2.12. The minimum absolute atomic E-state index is 0.0222. The van der Waals surface area contributed by atoms with E-state index >= 15 is 0 Å². The lowest BCUT2D eigenvalue weighted by Crippen LogP contribution is -2.22. The van der Waals surface area contributed by atoms with E-state index in [0.29, 0.717) is 5.82 Å². The summed E-state index contributed by atoms with van der Waals surface area (Å²) in [4.78, 5) is 19.0. The molecule has 0 aliphatic rings. The third-order valence-corrected chi connectivity index (χ3v) is 2.38. The summed E-state index contributed by atoms with van der Waals surface area (Å²) in [5.41, 5.74) is -0.443. The molecule has 15 heavy (non-hydrogen) atoms. The van der Waals surface area contributed by atoms with Gasteiger partial charge in [-0.2, -0.15) is 4.98 Å². The SMILES string of the molecule is O=c1c(Cl)c(Cl)ncn1Cc1ncon1. The predicted molar refractivity (Wildman–Crippen MR) is 51.9 cm³/mol. The molecule has 0 aliphatic carbocycles. The highest BCUT2D eigenvalue weighted by atomic mass is 35.5. The van der Waals surface area contributed by atoms with Crippen molar-refractivity contribution in [3.8, 4) is 0 Å². The first-order valence-corrected chi connectivity index (χ1v) is 4.60. The molecular formula is C7H4Cl2N4O2. The summed E-state index contributed by atoms with van der Waals surface area (Å²) in [6.45, 7) is 0.138. The van der Waals surface area contributed by atoms with Crippen LogP contribution < -0.4 is 5.56 Å². The van der Waals surface area contributed by atoms with E-state index in [0.717, 1.165) is 0 Å². The van der Waals surface area contributed by atoms with Gasteiger partial charge in [-0.15, -0.1) is 0 Å². The van der Waals surface area contributed by atoms with Crippen molar-refractivity contribution in [2.24, 2.45) is 0 Å². The largest absolute Gasteiger partial charge is 0.343 e. The lowest BCUT2D eigenvalue weighted by Gasteiger charge is -2.02. The molecular weight excluding hydrogens is 243 g/mol. The summed E-state index contributed by atoms with van der Waals surface area (Å²) in [5, 5.41) is 3.41. The van der Waals surface area contributed by atoms with E-state index in [1.165, 1.54) is 17.3 Å². The van der Waals surface area contributed by atoms with E-state index in [1.54, 1.807) is 0 Å². The Kier molecular flexibility index (Phi) is 2.70. The van der Waals surface area contributed by atoms with Crippen LogP contribution in [0.4, 0.5) is 0 Å². The van der Waals surface area contributed by atoms with Crippen LogP contribution in [0.25, 0.3) is 0 Å². The van der Waals surface area contributed by atoms with Crippen LogP contribution in [0.1, 0.15) is 5.82 Å². The van der Waals surface area contributed by atoms with Gasteiger partial charge in [0, 0.05) is 0 Å². The lowest BCUT2D eigenvalue weighted by molar-refractivity contribution is 0.407. The van der Waals surface area contributed by atoms with E-state index in [9.17, 15) is 4.79 Å². The van der Waals surface area contributed by atoms with Crippen molar-refractivity contribution in [1.82, 2.24) is 19.7 Å². The Labute approximate surface area is 93.5 Å². The van der Waals surface area contributed by atoms with E-state index < -0.39 is 5.56 Å². The van der Waals surface area contributed by atoms with E-state index in [2.05, 4.69) is 19.6 Å². The molecule has 0 radical (unpaired) electrons. The van der Waals surface area contributed by atoms with Crippen molar-refractivity contribution in [3.05, 3.63) is 39.1 Å². The van der Waals surface area contributed by atoms with E-state index in [-0.39, 0.29) is 16.7 Å². The Morgan fingerprint density at radius 1 is 1.40 bits per heavy atom. The van der Waals surface area contributed by atoms with Crippen LogP contribution in [0, 0.1) is 0 Å². The van der Waals surface area contributed by atoms with Gasteiger partial charge >= 0.3 is 0 Å². The average Bonchev–Trinajstić information content (AvgIpc) is 2.72. The number of hydrogen-bond acceptors (Lipinski definition) is 5. The summed E-state index contributed by atoms with van der Waals surface area (Å²) >= 11 is 11.2. The third kappa shape index (κ3) is 2.00. The molecule has 0 amide bonds. The van der Waals surface area contributed by atoms with Crippen LogP contribution in [0.2, 0.25) is 10.2 Å². The molecule has 0 saturated carbocycles. The molecule has 0 unspecified atom stereocenters. The summed E-state index contributed by atoms with van der Waals surface area (Å²) in [6, 6.07) is 0.